The third kappa shape index (κ3) is 7.17. The van der Waals surface area contributed by atoms with Gasteiger partial charge in [-0.15, -0.1) is 0 Å². The molecule has 1 aliphatic rings. The first-order chi connectivity index (χ1) is 4.77. The molecule has 0 aromatic heterocycles. The van der Waals surface area contributed by atoms with Gasteiger partial charge in [-0.1, -0.05) is 12.2 Å². The Morgan fingerprint density at radius 3 is 1.90 bits per heavy atom. The van der Waals surface area contributed by atoms with E-state index in [0.29, 0.717) is 0 Å². The standard InChI is InChI=1S/C5H8.C2H6N2O/c1-2-4-5-3-1;3-1-2(4)5/h1-2H,3-5H2;1,3H2,(H2,4,5). The minimum Gasteiger partial charge on any atom is -0.369 e. The molecule has 0 unspecified atom stereocenters. The fourth-order valence-corrected chi connectivity index (χ4v) is 0.589. The van der Waals surface area contributed by atoms with E-state index in [-0.39, 0.29) is 6.54 Å². The fraction of sp³-hybridized carbons (Fsp3) is 0.571. The van der Waals surface area contributed by atoms with Crippen LogP contribution in [0, 0.1) is 0 Å². The second kappa shape index (κ2) is 6.29. The SMILES string of the molecule is C1=CCCC1.NCC(N)=O. The molecule has 0 aromatic rings. The zero-order valence-electron chi connectivity index (χ0n) is 6.05. The molecule has 0 atom stereocenters. The van der Waals surface area contributed by atoms with Crippen molar-refractivity contribution in [3.8, 4) is 0 Å². The van der Waals surface area contributed by atoms with E-state index in [4.69, 9.17) is 5.73 Å². The Balaban J connectivity index is 0.000000162. The summed E-state index contributed by atoms with van der Waals surface area (Å²) in [6.07, 6.45) is 8.50. The molecule has 0 aromatic carbocycles. The van der Waals surface area contributed by atoms with Crippen LogP contribution in [0.25, 0.3) is 0 Å². The number of amides is 1. The van der Waals surface area contributed by atoms with E-state index in [2.05, 4.69) is 17.9 Å². The number of allylic oxidation sites excluding steroid dienone is 2. The Kier molecular flexibility index (Phi) is 5.77. The molecule has 1 rings (SSSR count). The van der Waals surface area contributed by atoms with E-state index >= 15 is 0 Å². The molecule has 58 valence electrons. The molecule has 0 spiro atoms. The van der Waals surface area contributed by atoms with Crippen LogP contribution in [-0.4, -0.2) is 12.5 Å². The molecule has 0 saturated heterocycles. The van der Waals surface area contributed by atoms with Crippen molar-refractivity contribution in [2.24, 2.45) is 11.5 Å². The van der Waals surface area contributed by atoms with Crippen molar-refractivity contribution in [2.45, 2.75) is 19.3 Å². The van der Waals surface area contributed by atoms with Gasteiger partial charge in [0.1, 0.15) is 0 Å². The number of carbonyl (C=O) groups excluding carboxylic acids is 1. The fourth-order valence-electron chi connectivity index (χ4n) is 0.589. The van der Waals surface area contributed by atoms with Crippen LogP contribution in [0.5, 0.6) is 0 Å². The van der Waals surface area contributed by atoms with E-state index in [1.54, 1.807) is 0 Å². The van der Waals surface area contributed by atoms with Crippen molar-refractivity contribution < 1.29 is 4.79 Å². The molecule has 0 saturated carbocycles. The van der Waals surface area contributed by atoms with Gasteiger partial charge in [0.2, 0.25) is 5.91 Å². The third-order valence-corrected chi connectivity index (χ3v) is 1.11. The molecule has 10 heavy (non-hydrogen) atoms. The summed E-state index contributed by atoms with van der Waals surface area (Å²) >= 11 is 0. The normalized spacial score (nSPS) is 14.1. The van der Waals surface area contributed by atoms with Gasteiger partial charge in [-0.3, -0.25) is 4.79 Å². The highest BCUT2D eigenvalue weighted by molar-refractivity contribution is 5.75. The largest absolute Gasteiger partial charge is 0.369 e. The van der Waals surface area contributed by atoms with Gasteiger partial charge in [0.25, 0.3) is 0 Å². The van der Waals surface area contributed by atoms with E-state index in [0.717, 1.165) is 0 Å². The Morgan fingerprint density at radius 1 is 1.40 bits per heavy atom. The van der Waals surface area contributed by atoms with Crippen molar-refractivity contribution >= 4 is 5.91 Å². The summed E-state index contributed by atoms with van der Waals surface area (Å²) < 4.78 is 0. The van der Waals surface area contributed by atoms with Crippen LogP contribution in [0.3, 0.4) is 0 Å². The predicted molar refractivity (Wildman–Crippen MR) is 41.2 cm³/mol. The molecule has 0 bridgehead atoms. The molecular weight excluding hydrogens is 128 g/mol. The highest BCUT2D eigenvalue weighted by atomic mass is 16.1. The summed E-state index contributed by atoms with van der Waals surface area (Å²) in [5, 5.41) is 0. The highest BCUT2D eigenvalue weighted by Crippen LogP contribution is 2.05. The minimum absolute atomic E-state index is 0.0556. The van der Waals surface area contributed by atoms with Crippen molar-refractivity contribution in [2.75, 3.05) is 6.54 Å². The van der Waals surface area contributed by atoms with Gasteiger partial charge in [0, 0.05) is 0 Å². The van der Waals surface area contributed by atoms with Crippen molar-refractivity contribution in [1.82, 2.24) is 0 Å². The number of hydrogen-bond donors (Lipinski definition) is 2. The summed E-state index contributed by atoms with van der Waals surface area (Å²) in [6, 6.07) is 0. The molecule has 1 aliphatic carbocycles. The quantitative estimate of drug-likeness (QED) is 0.512. The number of hydrogen-bond acceptors (Lipinski definition) is 2. The first-order valence-electron chi connectivity index (χ1n) is 3.40. The Hall–Kier alpha value is -0.830. The zero-order chi connectivity index (χ0) is 7.82. The molecule has 0 heterocycles. The molecule has 3 heteroatoms. The number of rotatable bonds is 1. The van der Waals surface area contributed by atoms with Crippen LogP contribution in [-0.2, 0) is 4.79 Å². The lowest BCUT2D eigenvalue weighted by atomic mass is 10.4. The lowest BCUT2D eigenvalue weighted by Crippen LogP contribution is -2.21. The minimum atomic E-state index is -0.468. The van der Waals surface area contributed by atoms with Crippen LogP contribution in [0.1, 0.15) is 19.3 Å². The molecule has 0 fully saturated rings. The van der Waals surface area contributed by atoms with Crippen LogP contribution >= 0.6 is 0 Å². The summed E-state index contributed by atoms with van der Waals surface area (Å²) in [4.78, 5) is 9.47. The number of carbonyl (C=O) groups is 1. The van der Waals surface area contributed by atoms with Gasteiger partial charge in [-0.2, -0.15) is 0 Å². The van der Waals surface area contributed by atoms with E-state index in [9.17, 15) is 4.79 Å². The maximum Gasteiger partial charge on any atom is 0.231 e. The highest BCUT2D eigenvalue weighted by Gasteiger charge is 1.84. The van der Waals surface area contributed by atoms with Crippen LogP contribution in [0.15, 0.2) is 12.2 Å². The van der Waals surface area contributed by atoms with Crippen LogP contribution in [0.4, 0.5) is 0 Å². The second-order valence-electron chi connectivity index (χ2n) is 2.07. The van der Waals surface area contributed by atoms with E-state index in [1.807, 2.05) is 0 Å². The number of primary amides is 1. The van der Waals surface area contributed by atoms with Crippen molar-refractivity contribution in [3.63, 3.8) is 0 Å². The summed E-state index contributed by atoms with van der Waals surface area (Å²) in [6.45, 7) is -0.0556. The second-order valence-corrected chi connectivity index (χ2v) is 2.07. The van der Waals surface area contributed by atoms with Crippen molar-refractivity contribution in [3.05, 3.63) is 12.2 Å². The molecular formula is C7H14N2O. The summed E-state index contributed by atoms with van der Waals surface area (Å²) in [5.74, 6) is -0.468. The topological polar surface area (TPSA) is 69.1 Å². The zero-order valence-corrected chi connectivity index (χ0v) is 6.05. The van der Waals surface area contributed by atoms with E-state index in [1.165, 1.54) is 19.3 Å². The number of nitrogens with two attached hydrogens (primary N) is 2. The molecule has 4 N–H and O–H groups in total. The average Bonchev–Trinajstić information content (AvgIpc) is 2.43. The van der Waals surface area contributed by atoms with Crippen LogP contribution in [0.2, 0.25) is 0 Å². The van der Waals surface area contributed by atoms with Gasteiger partial charge < -0.3 is 11.5 Å². The van der Waals surface area contributed by atoms with Gasteiger partial charge in [0.05, 0.1) is 6.54 Å². The van der Waals surface area contributed by atoms with E-state index < -0.39 is 5.91 Å². The Labute approximate surface area is 61.1 Å². The van der Waals surface area contributed by atoms with Crippen molar-refractivity contribution in [1.29, 1.82) is 0 Å². The molecule has 0 radical (unpaired) electrons. The predicted octanol–water partition coefficient (Wildman–Crippen LogP) is 0.157. The summed E-state index contributed by atoms with van der Waals surface area (Å²) in [5.41, 5.74) is 9.22. The van der Waals surface area contributed by atoms with Gasteiger partial charge in [-0.05, 0) is 19.3 Å². The Morgan fingerprint density at radius 2 is 1.80 bits per heavy atom. The monoisotopic (exact) mass is 142 g/mol. The maximum absolute atomic E-state index is 9.47. The molecule has 1 amide bonds. The smallest absolute Gasteiger partial charge is 0.231 e. The first kappa shape index (κ1) is 9.17. The first-order valence-corrected chi connectivity index (χ1v) is 3.40. The molecule has 3 nitrogen and oxygen atoms in total. The lowest BCUT2D eigenvalue weighted by molar-refractivity contribution is -0.116. The average molecular weight is 142 g/mol. The summed E-state index contributed by atoms with van der Waals surface area (Å²) in [7, 11) is 0. The van der Waals surface area contributed by atoms with Gasteiger partial charge in [0.15, 0.2) is 0 Å². The van der Waals surface area contributed by atoms with Crippen LogP contribution < -0.4 is 11.5 Å². The maximum atomic E-state index is 9.47. The lowest BCUT2D eigenvalue weighted by Gasteiger charge is -1.74. The Bertz CT molecular complexity index is 115. The third-order valence-electron chi connectivity index (χ3n) is 1.11. The van der Waals surface area contributed by atoms with Gasteiger partial charge >= 0.3 is 0 Å². The molecule has 0 aliphatic heterocycles. The van der Waals surface area contributed by atoms with Gasteiger partial charge in [-0.25, -0.2) is 0 Å².